The highest BCUT2D eigenvalue weighted by Gasteiger charge is 2.47. The zero-order chi connectivity index (χ0) is 20.0. The molecule has 1 fully saturated rings. The third kappa shape index (κ3) is 3.15. The number of aliphatic hydroxyl groups excluding tert-OH is 1. The molecule has 5 rings (SSSR count). The molecule has 8 heteroatoms. The Balaban J connectivity index is 1.52. The molecule has 0 aliphatic heterocycles. The van der Waals surface area contributed by atoms with Crippen LogP contribution in [0.1, 0.15) is 52.1 Å². The first kappa shape index (κ1) is 17.8. The standard InChI is InChI=1S/C21H21N5O3/c27-12-17(13-4-2-1-3-5-13)23-21(28)19-15-7-6-14-10-16(14)20(15)26(24-19)18-11-25(29)9-8-22-18/h1-5,8-9,11,14,16-17,27H,6-7,10,12H2,(H,23,28)/t14-,16+,17-/m1/s1. The number of fused-ring (bicyclic) bond motifs is 3. The van der Waals surface area contributed by atoms with Gasteiger partial charge in [-0.1, -0.05) is 30.3 Å². The molecule has 0 saturated heterocycles. The third-order valence-electron chi connectivity index (χ3n) is 5.85. The molecule has 8 nitrogen and oxygen atoms in total. The van der Waals surface area contributed by atoms with E-state index >= 15 is 0 Å². The van der Waals surface area contributed by atoms with Gasteiger partial charge in [-0.25, -0.2) is 9.67 Å². The second-order valence-corrected chi connectivity index (χ2v) is 7.66. The van der Waals surface area contributed by atoms with E-state index in [9.17, 15) is 15.1 Å². The summed E-state index contributed by atoms with van der Waals surface area (Å²) in [7, 11) is 0. The van der Waals surface area contributed by atoms with Crippen molar-refractivity contribution in [3.8, 4) is 5.82 Å². The van der Waals surface area contributed by atoms with Gasteiger partial charge in [0.2, 0.25) is 12.0 Å². The van der Waals surface area contributed by atoms with Gasteiger partial charge in [-0.15, -0.1) is 0 Å². The molecule has 0 unspecified atom stereocenters. The minimum absolute atomic E-state index is 0.209. The molecular weight excluding hydrogens is 370 g/mol. The van der Waals surface area contributed by atoms with Crippen LogP contribution in [0.2, 0.25) is 0 Å². The van der Waals surface area contributed by atoms with E-state index in [4.69, 9.17) is 0 Å². The summed E-state index contributed by atoms with van der Waals surface area (Å²) < 4.78 is 2.33. The van der Waals surface area contributed by atoms with E-state index in [0.29, 0.717) is 28.1 Å². The van der Waals surface area contributed by atoms with Crippen molar-refractivity contribution in [3.63, 3.8) is 0 Å². The van der Waals surface area contributed by atoms with Crippen LogP contribution in [0.5, 0.6) is 0 Å². The van der Waals surface area contributed by atoms with Crippen LogP contribution in [0.15, 0.2) is 48.9 Å². The van der Waals surface area contributed by atoms with E-state index in [1.807, 2.05) is 30.3 Å². The van der Waals surface area contributed by atoms with Gasteiger partial charge in [0.25, 0.3) is 5.91 Å². The number of aromatic nitrogens is 4. The number of hydrogen-bond acceptors (Lipinski definition) is 5. The molecule has 2 aromatic heterocycles. The average Bonchev–Trinajstić information content (AvgIpc) is 3.44. The van der Waals surface area contributed by atoms with Crippen LogP contribution in [-0.4, -0.2) is 32.4 Å². The maximum atomic E-state index is 13.1. The maximum absolute atomic E-state index is 13.1. The van der Waals surface area contributed by atoms with Gasteiger partial charge in [0, 0.05) is 11.5 Å². The Kier molecular flexibility index (Phi) is 4.28. The zero-order valence-corrected chi connectivity index (χ0v) is 15.7. The first-order valence-corrected chi connectivity index (χ1v) is 9.79. The van der Waals surface area contributed by atoms with Gasteiger partial charge in [-0.05, 0) is 30.7 Å². The topological polar surface area (TPSA) is 107 Å². The molecule has 148 valence electrons. The largest absolute Gasteiger partial charge is 0.619 e. The van der Waals surface area contributed by atoms with Crippen molar-refractivity contribution in [2.75, 3.05) is 6.61 Å². The minimum atomic E-state index is -0.514. The third-order valence-corrected chi connectivity index (χ3v) is 5.85. The predicted octanol–water partition coefficient (Wildman–Crippen LogP) is 1.41. The molecule has 0 radical (unpaired) electrons. The van der Waals surface area contributed by atoms with Crippen molar-refractivity contribution in [1.29, 1.82) is 0 Å². The van der Waals surface area contributed by atoms with E-state index in [1.165, 1.54) is 18.6 Å². The first-order chi connectivity index (χ1) is 14.2. The SMILES string of the molecule is O=C(N[C@H](CO)c1ccccc1)c1nn(-c2c[n+]([O-])ccn2)c2c1CC[C@@H]1C[C@H]21. The number of carbonyl (C=O) groups excluding carboxylic acids is 1. The Morgan fingerprint density at radius 3 is 2.97 bits per heavy atom. The highest BCUT2D eigenvalue weighted by Crippen LogP contribution is 2.55. The van der Waals surface area contributed by atoms with Gasteiger partial charge in [0.15, 0.2) is 11.9 Å². The van der Waals surface area contributed by atoms with E-state index in [2.05, 4.69) is 15.4 Å². The van der Waals surface area contributed by atoms with Crippen molar-refractivity contribution in [3.05, 3.63) is 76.6 Å². The molecule has 3 aromatic rings. The summed E-state index contributed by atoms with van der Waals surface area (Å²) in [5.74, 6) is 1.06. The van der Waals surface area contributed by atoms with Crippen molar-refractivity contribution in [2.24, 2.45) is 5.92 Å². The minimum Gasteiger partial charge on any atom is -0.619 e. The summed E-state index contributed by atoms with van der Waals surface area (Å²) in [5.41, 5.74) is 3.10. The Hall–Kier alpha value is -3.26. The number of amides is 1. The Labute approximate surface area is 167 Å². The van der Waals surface area contributed by atoms with Gasteiger partial charge >= 0.3 is 0 Å². The van der Waals surface area contributed by atoms with E-state index in [1.54, 1.807) is 4.68 Å². The molecule has 1 saturated carbocycles. The van der Waals surface area contributed by atoms with E-state index in [-0.39, 0.29) is 12.5 Å². The van der Waals surface area contributed by atoms with Gasteiger partial charge < -0.3 is 15.6 Å². The molecule has 2 aliphatic rings. The molecule has 2 aliphatic carbocycles. The van der Waals surface area contributed by atoms with Crippen LogP contribution < -0.4 is 10.0 Å². The van der Waals surface area contributed by atoms with Crippen LogP contribution in [0.25, 0.3) is 5.82 Å². The summed E-state index contributed by atoms with van der Waals surface area (Å²) in [6, 6.07) is 8.84. The normalized spacial score (nSPS) is 20.4. The number of rotatable bonds is 5. The number of carbonyl (C=O) groups is 1. The molecule has 0 bridgehead atoms. The van der Waals surface area contributed by atoms with Crippen LogP contribution in [-0.2, 0) is 6.42 Å². The summed E-state index contributed by atoms with van der Waals surface area (Å²) >= 11 is 0. The molecule has 1 amide bonds. The van der Waals surface area contributed by atoms with Crippen molar-refractivity contribution >= 4 is 5.91 Å². The van der Waals surface area contributed by atoms with Crippen LogP contribution in [0, 0.1) is 11.1 Å². The zero-order valence-electron chi connectivity index (χ0n) is 15.7. The van der Waals surface area contributed by atoms with Crippen LogP contribution >= 0.6 is 0 Å². The molecular formula is C21H21N5O3. The lowest BCUT2D eigenvalue weighted by Gasteiger charge is -2.17. The lowest BCUT2D eigenvalue weighted by Crippen LogP contribution is -2.32. The predicted molar refractivity (Wildman–Crippen MR) is 103 cm³/mol. The van der Waals surface area contributed by atoms with E-state index < -0.39 is 6.04 Å². The number of benzene rings is 1. The highest BCUT2D eigenvalue weighted by molar-refractivity contribution is 5.94. The fourth-order valence-electron chi connectivity index (χ4n) is 4.30. The number of aliphatic hydroxyl groups is 1. The lowest BCUT2D eigenvalue weighted by molar-refractivity contribution is -0.605. The lowest BCUT2D eigenvalue weighted by atomic mass is 9.95. The number of nitrogens with one attached hydrogen (secondary N) is 1. The molecule has 1 aromatic carbocycles. The molecule has 2 heterocycles. The Morgan fingerprint density at radius 2 is 2.21 bits per heavy atom. The van der Waals surface area contributed by atoms with Crippen LogP contribution in [0.4, 0.5) is 0 Å². The summed E-state index contributed by atoms with van der Waals surface area (Å²) in [6.07, 6.45) is 7.00. The fraction of sp³-hybridized carbons (Fsp3) is 0.333. The second kappa shape index (κ2) is 6.97. The molecule has 2 N–H and O–H groups in total. The van der Waals surface area contributed by atoms with Gasteiger partial charge in [0.05, 0.1) is 24.5 Å². The summed E-state index contributed by atoms with van der Waals surface area (Å²) in [5, 5.41) is 29.0. The Morgan fingerprint density at radius 1 is 1.38 bits per heavy atom. The monoisotopic (exact) mass is 391 g/mol. The maximum Gasteiger partial charge on any atom is 0.272 e. The molecule has 3 atom stereocenters. The average molecular weight is 391 g/mol. The van der Waals surface area contributed by atoms with Gasteiger partial charge in [-0.2, -0.15) is 9.83 Å². The van der Waals surface area contributed by atoms with Crippen LogP contribution in [0.3, 0.4) is 0 Å². The summed E-state index contributed by atoms with van der Waals surface area (Å²) in [4.78, 5) is 17.4. The number of nitrogens with zero attached hydrogens (tertiary/aromatic N) is 4. The fourth-order valence-corrected chi connectivity index (χ4v) is 4.30. The van der Waals surface area contributed by atoms with Crippen molar-refractivity contribution < 1.29 is 14.6 Å². The summed E-state index contributed by atoms with van der Waals surface area (Å²) in [6.45, 7) is -0.209. The highest BCUT2D eigenvalue weighted by atomic mass is 16.5. The number of hydrogen-bond donors (Lipinski definition) is 2. The van der Waals surface area contributed by atoms with Gasteiger partial charge in [-0.3, -0.25) is 4.79 Å². The molecule has 0 spiro atoms. The Bertz CT molecular complexity index is 1070. The van der Waals surface area contributed by atoms with Crippen molar-refractivity contribution in [1.82, 2.24) is 20.1 Å². The van der Waals surface area contributed by atoms with Gasteiger partial charge in [0.1, 0.15) is 0 Å². The second-order valence-electron chi connectivity index (χ2n) is 7.66. The smallest absolute Gasteiger partial charge is 0.272 e. The van der Waals surface area contributed by atoms with Crippen molar-refractivity contribution in [2.45, 2.75) is 31.2 Å². The first-order valence-electron chi connectivity index (χ1n) is 9.79. The quantitative estimate of drug-likeness (QED) is 0.505. The molecule has 29 heavy (non-hydrogen) atoms. The van der Waals surface area contributed by atoms with E-state index in [0.717, 1.165) is 36.1 Å².